The molecule has 0 bridgehead atoms. The second kappa shape index (κ2) is 3.30. The van der Waals surface area contributed by atoms with Gasteiger partial charge in [-0.1, -0.05) is 0 Å². The van der Waals surface area contributed by atoms with Crippen molar-refractivity contribution in [2.45, 2.75) is 44.8 Å². The second-order valence-corrected chi connectivity index (χ2v) is 5.38. The van der Waals surface area contributed by atoms with E-state index in [0.29, 0.717) is 6.42 Å². The second-order valence-electron chi connectivity index (χ2n) is 5.38. The first kappa shape index (κ1) is 11.1. The number of carbonyl (C=O) groups is 2. The minimum atomic E-state index is -0.456. The lowest BCUT2D eigenvalue weighted by molar-refractivity contribution is -0.157. The number of rotatable bonds is 0. The van der Waals surface area contributed by atoms with Gasteiger partial charge in [-0.05, 0) is 20.8 Å². The summed E-state index contributed by atoms with van der Waals surface area (Å²) in [7, 11) is 1.82. The van der Waals surface area contributed by atoms with Gasteiger partial charge in [-0.2, -0.15) is 0 Å². The number of likely N-dealkylation sites (tertiary alicyclic amines) is 1. The van der Waals surface area contributed by atoms with Crippen molar-refractivity contribution in [3.63, 3.8) is 0 Å². The lowest BCUT2D eigenvalue weighted by Crippen LogP contribution is -2.62. The average molecular weight is 223 g/mol. The van der Waals surface area contributed by atoms with E-state index in [2.05, 4.69) is 4.99 Å². The summed E-state index contributed by atoms with van der Waals surface area (Å²) in [5.74, 6) is -0.250. The number of aliphatic imine (C=N–C) groups is 1. The molecule has 88 valence electrons. The Morgan fingerprint density at radius 2 is 2.00 bits per heavy atom. The van der Waals surface area contributed by atoms with Crippen LogP contribution >= 0.6 is 0 Å². The molecule has 2 atom stereocenters. The van der Waals surface area contributed by atoms with Gasteiger partial charge < -0.3 is 4.90 Å². The Labute approximate surface area is 95.1 Å². The molecule has 5 heteroatoms. The number of carbonyl (C=O) groups excluding carboxylic acids is 2. The quantitative estimate of drug-likeness (QED) is 0.553. The highest BCUT2D eigenvalue weighted by molar-refractivity contribution is 6.03. The van der Waals surface area contributed by atoms with Crippen molar-refractivity contribution >= 4 is 18.2 Å². The van der Waals surface area contributed by atoms with Gasteiger partial charge in [0.05, 0.1) is 18.8 Å². The summed E-state index contributed by atoms with van der Waals surface area (Å²) in [5, 5.41) is 0. The lowest BCUT2D eigenvalue weighted by Gasteiger charge is -2.41. The lowest BCUT2D eigenvalue weighted by atomic mass is 9.93. The molecule has 2 unspecified atom stereocenters. The molecule has 0 radical (unpaired) electrons. The fourth-order valence-corrected chi connectivity index (χ4v) is 2.35. The molecule has 0 saturated carbocycles. The van der Waals surface area contributed by atoms with Gasteiger partial charge in [0.15, 0.2) is 0 Å². The van der Waals surface area contributed by atoms with Crippen LogP contribution in [0, 0.1) is 0 Å². The van der Waals surface area contributed by atoms with E-state index in [-0.39, 0.29) is 23.9 Å². The number of nitrogens with zero attached hydrogens (tertiary/aromatic N) is 3. The zero-order valence-corrected chi connectivity index (χ0v) is 10.1. The first-order valence-electron chi connectivity index (χ1n) is 5.44. The third-order valence-electron chi connectivity index (χ3n) is 3.02. The van der Waals surface area contributed by atoms with Crippen LogP contribution in [0.2, 0.25) is 0 Å². The minimum Gasteiger partial charge on any atom is -0.352 e. The highest BCUT2D eigenvalue weighted by Gasteiger charge is 2.48. The van der Waals surface area contributed by atoms with Crippen LogP contribution in [0.15, 0.2) is 4.99 Å². The van der Waals surface area contributed by atoms with Crippen LogP contribution in [0.5, 0.6) is 0 Å². The highest BCUT2D eigenvalue weighted by Crippen LogP contribution is 2.28. The molecule has 16 heavy (non-hydrogen) atoms. The number of hydrogen-bond donors (Lipinski definition) is 0. The Balaban J connectivity index is 2.32. The van der Waals surface area contributed by atoms with Crippen LogP contribution in [0.1, 0.15) is 27.2 Å². The number of likely N-dealkylation sites (N-methyl/N-ethyl adjacent to an activating group) is 1. The van der Waals surface area contributed by atoms with Crippen LogP contribution in [0.3, 0.4) is 0 Å². The molecule has 5 nitrogen and oxygen atoms in total. The number of imide groups is 1. The number of amides is 2. The van der Waals surface area contributed by atoms with Gasteiger partial charge in [-0.25, -0.2) is 0 Å². The van der Waals surface area contributed by atoms with E-state index in [9.17, 15) is 9.59 Å². The molecule has 1 fully saturated rings. The zero-order valence-electron chi connectivity index (χ0n) is 10.1. The summed E-state index contributed by atoms with van der Waals surface area (Å²) in [4.78, 5) is 31.5. The first-order chi connectivity index (χ1) is 7.32. The van der Waals surface area contributed by atoms with E-state index in [4.69, 9.17) is 0 Å². The summed E-state index contributed by atoms with van der Waals surface area (Å²) >= 11 is 0. The third-order valence-corrected chi connectivity index (χ3v) is 3.02. The predicted octanol–water partition coefficient (Wildman–Crippen LogP) is 0.255. The largest absolute Gasteiger partial charge is 0.352 e. The van der Waals surface area contributed by atoms with Gasteiger partial charge in [0.1, 0.15) is 6.04 Å². The summed E-state index contributed by atoms with van der Waals surface area (Å²) in [6.45, 7) is 5.62. The number of piperidine rings is 1. The Kier molecular flexibility index (Phi) is 2.29. The predicted molar refractivity (Wildman–Crippen MR) is 60.1 cm³/mol. The average Bonchev–Trinajstić information content (AvgIpc) is 2.44. The fourth-order valence-electron chi connectivity index (χ4n) is 2.35. The van der Waals surface area contributed by atoms with Crippen LogP contribution in [0.4, 0.5) is 0 Å². The molecule has 1 saturated heterocycles. The van der Waals surface area contributed by atoms with Crippen molar-refractivity contribution < 1.29 is 9.59 Å². The van der Waals surface area contributed by atoms with Crippen LogP contribution in [-0.4, -0.2) is 52.6 Å². The summed E-state index contributed by atoms with van der Waals surface area (Å²) in [6, 6.07) is -0.486. The summed E-state index contributed by atoms with van der Waals surface area (Å²) in [5.41, 5.74) is -0.456. The number of hydrogen-bond acceptors (Lipinski definition) is 4. The molecule has 0 aromatic carbocycles. The molecule has 2 heterocycles. The molecule has 0 aliphatic carbocycles. The van der Waals surface area contributed by atoms with Crippen molar-refractivity contribution in [3.05, 3.63) is 0 Å². The zero-order chi connectivity index (χ0) is 12.1. The van der Waals surface area contributed by atoms with Crippen molar-refractivity contribution in [3.8, 4) is 0 Å². The van der Waals surface area contributed by atoms with E-state index in [1.54, 1.807) is 11.2 Å². The maximum atomic E-state index is 12.3. The molecule has 0 aromatic rings. The maximum absolute atomic E-state index is 12.3. The maximum Gasteiger partial charge on any atom is 0.254 e. The molecule has 0 aromatic heterocycles. The molecule has 0 spiro atoms. The molecule has 0 N–H and O–H groups in total. The molecule has 2 aliphatic heterocycles. The van der Waals surface area contributed by atoms with Crippen LogP contribution in [0.25, 0.3) is 0 Å². The third kappa shape index (κ3) is 1.50. The molecular formula is C11H17N3O2. The standard InChI is InChI=1S/C11H17N3O2/c1-11(2,3)14-8(15)5-7-9(10(14)16)13(4)6-12-7/h6-7,9H,5H2,1-4H3. The van der Waals surface area contributed by atoms with Crippen LogP contribution in [-0.2, 0) is 9.59 Å². The van der Waals surface area contributed by atoms with E-state index in [1.165, 1.54) is 4.90 Å². The van der Waals surface area contributed by atoms with Gasteiger partial charge in [-0.15, -0.1) is 0 Å². The Hall–Kier alpha value is -1.39. The van der Waals surface area contributed by atoms with E-state index < -0.39 is 5.54 Å². The van der Waals surface area contributed by atoms with Crippen molar-refractivity contribution in [2.24, 2.45) is 4.99 Å². The van der Waals surface area contributed by atoms with Gasteiger partial charge in [0.25, 0.3) is 5.91 Å². The first-order valence-corrected chi connectivity index (χ1v) is 5.44. The molecular weight excluding hydrogens is 206 g/mol. The normalized spacial score (nSPS) is 30.0. The smallest absolute Gasteiger partial charge is 0.254 e. The monoisotopic (exact) mass is 223 g/mol. The SMILES string of the molecule is CN1C=NC2CC(=O)N(C(C)(C)C)C(=O)C21. The summed E-state index contributed by atoms with van der Waals surface area (Å²) in [6.07, 6.45) is 1.97. The number of fused-ring (bicyclic) bond motifs is 1. The Morgan fingerprint density at radius 1 is 1.38 bits per heavy atom. The van der Waals surface area contributed by atoms with E-state index >= 15 is 0 Å². The highest BCUT2D eigenvalue weighted by atomic mass is 16.2. The van der Waals surface area contributed by atoms with Gasteiger partial charge >= 0.3 is 0 Å². The summed E-state index contributed by atoms with van der Waals surface area (Å²) < 4.78 is 0. The van der Waals surface area contributed by atoms with E-state index in [0.717, 1.165) is 0 Å². The van der Waals surface area contributed by atoms with Gasteiger partial charge in [-0.3, -0.25) is 19.5 Å². The molecule has 2 amide bonds. The molecule has 2 aliphatic rings. The van der Waals surface area contributed by atoms with Crippen molar-refractivity contribution in [2.75, 3.05) is 7.05 Å². The van der Waals surface area contributed by atoms with Gasteiger partial charge in [0.2, 0.25) is 5.91 Å². The Morgan fingerprint density at radius 3 is 2.56 bits per heavy atom. The minimum absolute atomic E-state index is 0.119. The van der Waals surface area contributed by atoms with E-state index in [1.807, 2.05) is 27.8 Å². The topological polar surface area (TPSA) is 53.0 Å². The Bertz CT molecular complexity index is 370. The van der Waals surface area contributed by atoms with Gasteiger partial charge in [0, 0.05) is 12.6 Å². The fraction of sp³-hybridized carbons (Fsp3) is 0.727. The van der Waals surface area contributed by atoms with Crippen molar-refractivity contribution in [1.29, 1.82) is 0 Å². The molecule has 2 rings (SSSR count). The van der Waals surface area contributed by atoms with Crippen molar-refractivity contribution in [1.82, 2.24) is 9.80 Å². The van der Waals surface area contributed by atoms with Crippen LogP contribution < -0.4 is 0 Å².